The Bertz CT molecular complexity index is 361. The minimum atomic E-state index is 0. The molecule has 1 atom stereocenters. The largest absolute Gasteiger partial charge is 1.00 e. The fourth-order valence-electron chi connectivity index (χ4n) is 3.26. The Morgan fingerprint density at radius 1 is 1.30 bits per heavy atom. The Hall–Kier alpha value is 0.350. The van der Waals surface area contributed by atoms with Gasteiger partial charge in [-0.3, -0.25) is 0 Å². The van der Waals surface area contributed by atoms with Crippen molar-refractivity contribution < 1.29 is 33.2 Å². The zero-order chi connectivity index (χ0) is 13.7. The quantitative estimate of drug-likeness (QED) is 0.505. The number of ether oxygens (including phenoxy) is 1. The Labute approximate surface area is 145 Å². The van der Waals surface area contributed by atoms with Crippen LogP contribution in [0, 0.1) is 0 Å². The number of quaternary nitrogens is 1. The summed E-state index contributed by atoms with van der Waals surface area (Å²) in [7, 11) is 4.75. The van der Waals surface area contributed by atoms with Crippen LogP contribution in [0.1, 0.15) is 44.6 Å². The number of hydrogen-bond acceptors (Lipinski definition) is 2. The van der Waals surface area contributed by atoms with Crippen LogP contribution in [0.2, 0.25) is 0 Å². The van der Waals surface area contributed by atoms with E-state index < -0.39 is 0 Å². The van der Waals surface area contributed by atoms with Crippen molar-refractivity contribution in [3.63, 3.8) is 0 Å². The molecule has 0 radical (unpaired) electrons. The van der Waals surface area contributed by atoms with Gasteiger partial charge in [-0.25, -0.2) is 0 Å². The molecule has 4 heteroatoms. The van der Waals surface area contributed by atoms with E-state index in [-0.39, 0.29) is 24.0 Å². The third kappa shape index (κ3) is 5.62. The Morgan fingerprint density at radius 2 is 2.00 bits per heavy atom. The van der Waals surface area contributed by atoms with Crippen LogP contribution in [-0.4, -0.2) is 37.3 Å². The topological polar surface area (TPSA) is 9.23 Å². The summed E-state index contributed by atoms with van der Waals surface area (Å²) in [5, 5.41) is 4.29. The first-order valence-electron chi connectivity index (χ1n) is 7.53. The second-order valence-electron chi connectivity index (χ2n) is 6.51. The molecule has 2 nitrogen and oxygen atoms in total. The SMILES string of the molecule is CC(C[N+](C)(C)C1CCCCC1)OCc1ccsc1.[I-]. The average molecular weight is 409 g/mol. The first-order chi connectivity index (χ1) is 9.08. The number of likely N-dealkylation sites (N-methyl/N-ethyl adjacent to an activating group) is 1. The highest BCUT2D eigenvalue weighted by atomic mass is 127. The lowest BCUT2D eigenvalue weighted by Crippen LogP contribution is -3.00. The maximum Gasteiger partial charge on any atom is 0.105 e. The maximum absolute atomic E-state index is 6.00. The van der Waals surface area contributed by atoms with Crippen LogP contribution in [-0.2, 0) is 11.3 Å². The highest BCUT2D eigenvalue weighted by Crippen LogP contribution is 2.26. The van der Waals surface area contributed by atoms with Crippen molar-refractivity contribution in [3.8, 4) is 0 Å². The third-order valence-corrected chi connectivity index (χ3v) is 5.14. The second kappa shape index (κ2) is 8.71. The van der Waals surface area contributed by atoms with Crippen molar-refractivity contribution in [1.82, 2.24) is 0 Å². The van der Waals surface area contributed by atoms with Gasteiger partial charge >= 0.3 is 0 Å². The Morgan fingerprint density at radius 3 is 2.60 bits per heavy atom. The predicted octanol–water partition coefficient (Wildman–Crippen LogP) is 1.07. The third-order valence-electron chi connectivity index (χ3n) is 4.41. The van der Waals surface area contributed by atoms with Crippen molar-refractivity contribution in [2.45, 2.75) is 57.8 Å². The molecule has 116 valence electrons. The Balaban J connectivity index is 0.00000200. The molecule has 1 fully saturated rings. The molecule has 0 N–H and O–H groups in total. The zero-order valence-corrected chi connectivity index (χ0v) is 16.0. The first kappa shape index (κ1) is 18.4. The minimum absolute atomic E-state index is 0. The van der Waals surface area contributed by atoms with Gasteiger partial charge in [0.2, 0.25) is 0 Å². The van der Waals surface area contributed by atoms with Gasteiger partial charge < -0.3 is 33.2 Å². The van der Waals surface area contributed by atoms with Crippen LogP contribution in [0.4, 0.5) is 0 Å². The van der Waals surface area contributed by atoms with E-state index >= 15 is 0 Å². The van der Waals surface area contributed by atoms with Crippen molar-refractivity contribution in [2.75, 3.05) is 20.6 Å². The molecule has 1 heterocycles. The van der Waals surface area contributed by atoms with Crippen LogP contribution in [0.15, 0.2) is 16.8 Å². The lowest BCUT2D eigenvalue weighted by molar-refractivity contribution is -0.919. The fourth-order valence-corrected chi connectivity index (χ4v) is 3.91. The van der Waals surface area contributed by atoms with Crippen LogP contribution >= 0.6 is 11.3 Å². The van der Waals surface area contributed by atoms with E-state index in [1.807, 2.05) is 0 Å². The van der Waals surface area contributed by atoms with Crippen molar-refractivity contribution in [1.29, 1.82) is 0 Å². The van der Waals surface area contributed by atoms with Crippen LogP contribution < -0.4 is 24.0 Å². The molecule has 0 aromatic carbocycles. The molecule has 1 aliphatic rings. The smallest absolute Gasteiger partial charge is 0.105 e. The molecule has 20 heavy (non-hydrogen) atoms. The highest BCUT2D eigenvalue weighted by Gasteiger charge is 2.31. The van der Waals surface area contributed by atoms with Gasteiger partial charge in [0.25, 0.3) is 0 Å². The standard InChI is InChI=1S/C16H28NOS.HI/c1-14(18-12-15-9-10-19-13-15)11-17(2,3)16-7-5-4-6-8-16;/h9-10,13-14,16H,4-8,11-12H2,1-3H3;1H/q+1;/p-1. The molecular formula is C16H28INOS. The molecule has 1 aliphatic carbocycles. The highest BCUT2D eigenvalue weighted by molar-refractivity contribution is 7.07. The van der Waals surface area contributed by atoms with Crippen LogP contribution in [0.25, 0.3) is 0 Å². The molecule has 1 saturated carbocycles. The summed E-state index contributed by atoms with van der Waals surface area (Å²) in [6.07, 6.45) is 7.37. The van der Waals surface area contributed by atoms with E-state index in [0.717, 1.165) is 23.7 Å². The van der Waals surface area contributed by atoms with Gasteiger partial charge in [0.15, 0.2) is 0 Å². The average Bonchev–Trinajstić information content (AvgIpc) is 2.90. The van der Waals surface area contributed by atoms with Crippen molar-refractivity contribution >= 4 is 11.3 Å². The van der Waals surface area contributed by atoms with Gasteiger partial charge in [-0.05, 0) is 55.0 Å². The number of hydrogen-bond donors (Lipinski definition) is 0. The van der Waals surface area contributed by atoms with Gasteiger partial charge in [0, 0.05) is 0 Å². The summed E-state index contributed by atoms with van der Waals surface area (Å²) in [6, 6.07) is 2.99. The number of halogens is 1. The van der Waals surface area contributed by atoms with Gasteiger partial charge in [0.1, 0.15) is 12.6 Å². The zero-order valence-electron chi connectivity index (χ0n) is 13.0. The lowest BCUT2D eigenvalue weighted by atomic mass is 9.93. The summed E-state index contributed by atoms with van der Waals surface area (Å²) in [6.45, 7) is 4.10. The van der Waals surface area contributed by atoms with Crippen LogP contribution in [0.5, 0.6) is 0 Å². The molecule has 0 bridgehead atoms. The van der Waals surface area contributed by atoms with E-state index in [4.69, 9.17) is 4.74 Å². The monoisotopic (exact) mass is 409 g/mol. The molecular weight excluding hydrogens is 381 g/mol. The van der Waals surface area contributed by atoms with E-state index in [0.29, 0.717) is 6.10 Å². The normalized spacial score (nSPS) is 18.6. The van der Waals surface area contributed by atoms with Gasteiger partial charge in [-0.1, -0.05) is 6.42 Å². The van der Waals surface area contributed by atoms with E-state index in [1.54, 1.807) is 11.3 Å². The molecule has 1 aromatic heterocycles. The van der Waals surface area contributed by atoms with Crippen molar-refractivity contribution in [2.24, 2.45) is 0 Å². The summed E-state index contributed by atoms with van der Waals surface area (Å²) < 4.78 is 7.12. The van der Waals surface area contributed by atoms with E-state index in [2.05, 4.69) is 37.8 Å². The van der Waals surface area contributed by atoms with Gasteiger partial charge in [-0.15, -0.1) is 0 Å². The molecule has 0 amide bonds. The second-order valence-corrected chi connectivity index (χ2v) is 7.29. The van der Waals surface area contributed by atoms with E-state index in [1.165, 1.54) is 37.7 Å². The molecule has 0 saturated heterocycles. The number of nitrogens with zero attached hydrogens (tertiary/aromatic N) is 1. The van der Waals surface area contributed by atoms with Gasteiger partial charge in [-0.2, -0.15) is 11.3 Å². The molecule has 1 unspecified atom stereocenters. The molecule has 2 rings (SSSR count). The van der Waals surface area contributed by atoms with Crippen molar-refractivity contribution in [3.05, 3.63) is 22.4 Å². The first-order valence-corrected chi connectivity index (χ1v) is 8.47. The van der Waals surface area contributed by atoms with Crippen LogP contribution in [0.3, 0.4) is 0 Å². The number of rotatable bonds is 6. The summed E-state index contributed by atoms with van der Waals surface area (Å²) in [4.78, 5) is 0. The molecule has 0 aliphatic heterocycles. The fraction of sp³-hybridized carbons (Fsp3) is 0.750. The molecule has 0 spiro atoms. The minimum Gasteiger partial charge on any atom is -1.00 e. The summed E-state index contributed by atoms with van der Waals surface area (Å²) in [5.41, 5.74) is 1.31. The Kier molecular flexibility index (Phi) is 8.01. The predicted molar refractivity (Wildman–Crippen MR) is 82.4 cm³/mol. The maximum atomic E-state index is 6.00. The number of thiophene rings is 1. The summed E-state index contributed by atoms with van der Waals surface area (Å²) >= 11 is 1.74. The summed E-state index contributed by atoms with van der Waals surface area (Å²) in [5.74, 6) is 0. The van der Waals surface area contributed by atoms with Gasteiger partial charge in [0.05, 0.1) is 26.7 Å². The lowest BCUT2D eigenvalue weighted by Gasteiger charge is -2.41. The molecule has 1 aromatic rings. The van der Waals surface area contributed by atoms with E-state index in [9.17, 15) is 0 Å².